The summed E-state index contributed by atoms with van der Waals surface area (Å²) in [6, 6.07) is 0. The Morgan fingerprint density at radius 3 is 2.70 bits per heavy atom. The summed E-state index contributed by atoms with van der Waals surface area (Å²) in [4.78, 5) is 24.3. The first-order chi connectivity index (χ1) is 12.6. The van der Waals surface area contributed by atoms with Gasteiger partial charge in [0.1, 0.15) is 12.2 Å². The number of hydrogen-bond donors (Lipinski definition) is 2. The molecular formula is C22H29O5. The molecule has 4 aliphatic carbocycles. The third kappa shape index (κ3) is 2.22. The van der Waals surface area contributed by atoms with E-state index in [0.29, 0.717) is 12.8 Å². The summed E-state index contributed by atoms with van der Waals surface area (Å²) in [6.45, 7) is 4.91. The van der Waals surface area contributed by atoms with Crippen molar-refractivity contribution >= 4 is 11.6 Å². The number of fused-ring (bicyclic) bond motifs is 5. The van der Waals surface area contributed by atoms with Crippen LogP contribution >= 0.6 is 0 Å². The number of allylic oxidation sites excluding steroid dienone is 4. The summed E-state index contributed by atoms with van der Waals surface area (Å²) in [7, 11) is 0. The molecule has 0 bridgehead atoms. The number of carbonyl (C=O) groups excluding carboxylic acids is 2. The molecule has 0 aromatic carbocycles. The first kappa shape index (κ1) is 19.0. The Balaban J connectivity index is 1.78. The molecule has 0 aromatic heterocycles. The topological polar surface area (TPSA) is 94.5 Å². The summed E-state index contributed by atoms with van der Waals surface area (Å²) in [5, 5.41) is 34.0. The molecule has 2 N–H and O–H groups in total. The van der Waals surface area contributed by atoms with Crippen LogP contribution in [0.15, 0.2) is 23.8 Å². The normalized spacial score (nSPS) is 51.3. The molecule has 147 valence electrons. The molecule has 0 aliphatic heterocycles. The lowest BCUT2D eigenvalue weighted by Crippen LogP contribution is -2.62. The van der Waals surface area contributed by atoms with Crippen LogP contribution in [0, 0.1) is 34.5 Å². The quantitative estimate of drug-likeness (QED) is 0.776. The maximum absolute atomic E-state index is 12.5. The van der Waals surface area contributed by atoms with Crippen LogP contribution in [0.3, 0.4) is 0 Å². The second kappa shape index (κ2) is 5.85. The lowest BCUT2D eigenvalue weighted by atomic mass is 9.46. The molecule has 0 amide bonds. The van der Waals surface area contributed by atoms with E-state index in [0.717, 1.165) is 18.4 Å². The number of aliphatic hydroxyl groups is 2. The standard InChI is InChI=1S/C22H29O5/c1-12-8-16-15-5-4-13-9-14(24)6-7-20(13,2)19(15)17(25)10-21(16,3)22(12,27)18(26)11-23/h6-7,9,12,15-17,19,25,27H,4-5,8,10-11H2,1-3H3/t12-,15?,16?,17-,19?,20-,21-,22-/m0/s1. The molecule has 5 nitrogen and oxygen atoms in total. The van der Waals surface area contributed by atoms with Crippen LogP contribution in [-0.4, -0.2) is 40.1 Å². The highest BCUT2D eigenvalue weighted by Crippen LogP contribution is 2.68. The maximum atomic E-state index is 12.5. The van der Waals surface area contributed by atoms with Crippen LogP contribution < -0.4 is 0 Å². The Hall–Kier alpha value is -1.30. The van der Waals surface area contributed by atoms with Crippen molar-refractivity contribution in [3.8, 4) is 0 Å². The van der Waals surface area contributed by atoms with E-state index in [-0.39, 0.29) is 34.9 Å². The van der Waals surface area contributed by atoms with E-state index >= 15 is 0 Å². The second-order valence-corrected chi connectivity index (χ2v) is 9.68. The highest BCUT2D eigenvalue weighted by molar-refractivity contribution is 6.01. The highest BCUT2D eigenvalue weighted by atomic mass is 16.3. The molecule has 0 saturated heterocycles. The van der Waals surface area contributed by atoms with Crippen molar-refractivity contribution in [1.29, 1.82) is 0 Å². The number of hydrogen-bond acceptors (Lipinski definition) is 4. The van der Waals surface area contributed by atoms with Gasteiger partial charge in [-0.15, -0.1) is 0 Å². The summed E-state index contributed by atoms with van der Waals surface area (Å²) in [5.74, 6) is -0.761. The predicted octanol–water partition coefficient (Wildman–Crippen LogP) is 2.24. The Labute approximate surface area is 160 Å². The summed E-state index contributed by atoms with van der Waals surface area (Å²) in [5.41, 5.74) is -1.75. The molecule has 3 unspecified atom stereocenters. The number of aliphatic hydroxyl groups excluding tert-OH is 1. The maximum Gasteiger partial charge on any atom is 0.194 e. The molecule has 4 rings (SSSR count). The van der Waals surface area contributed by atoms with Gasteiger partial charge >= 0.3 is 0 Å². The first-order valence-electron chi connectivity index (χ1n) is 10.1. The van der Waals surface area contributed by atoms with Crippen molar-refractivity contribution in [2.45, 2.75) is 58.2 Å². The third-order valence-electron chi connectivity index (χ3n) is 8.63. The van der Waals surface area contributed by atoms with Gasteiger partial charge in [-0.25, -0.2) is 5.11 Å². The number of ketones is 2. The molecule has 3 saturated carbocycles. The molecule has 4 aliphatic rings. The van der Waals surface area contributed by atoms with Crippen molar-refractivity contribution in [3.63, 3.8) is 0 Å². The monoisotopic (exact) mass is 373 g/mol. The van der Waals surface area contributed by atoms with E-state index in [2.05, 4.69) is 6.92 Å². The zero-order chi connectivity index (χ0) is 19.8. The third-order valence-corrected chi connectivity index (χ3v) is 8.63. The van der Waals surface area contributed by atoms with Gasteiger partial charge in [0.25, 0.3) is 0 Å². The molecule has 0 spiro atoms. The minimum atomic E-state index is -1.67. The van der Waals surface area contributed by atoms with Crippen LogP contribution in [0.2, 0.25) is 0 Å². The van der Waals surface area contributed by atoms with Gasteiger partial charge < -0.3 is 10.2 Å². The van der Waals surface area contributed by atoms with E-state index in [9.17, 15) is 24.9 Å². The van der Waals surface area contributed by atoms with Gasteiger partial charge in [-0.3, -0.25) is 9.59 Å². The summed E-state index contributed by atoms with van der Waals surface area (Å²) in [6.07, 6.45) is 7.17. The summed E-state index contributed by atoms with van der Waals surface area (Å²) < 4.78 is 0. The van der Waals surface area contributed by atoms with Crippen LogP contribution in [0.5, 0.6) is 0 Å². The van der Waals surface area contributed by atoms with Crippen molar-refractivity contribution < 1.29 is 24.9 Å². The van der Waals surface area contributed by atoms with Gasteiger partial charge in [0, 0.05) is 16.7 Å². The molecule has 27 heavy (non-hydrogen) atoms. The molecule has 8 atom stereocenters. The van der Waals surface area contributed by atoms with Crippen LogP contribution in [0.4, 0.5) is 0 Å². The van der Waals surface area contributed by atoms with E-state index in [1.54, 1.807) is 12.2 Å². The lowest BCUT2D eigenvalue weighted by Gasteiger charge is -2.59. The van der Waals surface area contributed by atoms with Crippen molar-refractivity contribution in [3.05, 3.63) is 23.8 Å². The minimum absolute atomic E-state index is 0.000897. The fourth-order valence-corrected chi connectivity index (χ4v) is 7.36. The molecule has 5 heteroatoms. The Morgan fingerprint density at radius 2 is 2.04 bits per heavy atom. The average Bonchev–Trinajstić information content (AvgIpc) is 2.82. The fraction of sp³-hybridized carbons (Fsp3) is 0.727. The first-order valence-corrected chi connectivity index (χ1v) is 10.1. The molecule has 1 radical (unpaired) electrons. The molecule has 3 fully saturated rings. The van der Waals surface area contributed by atoms with Gasteiger partial charge in [0.05, 0.1) is 6.10 Å². The Morgan fingerprint density at radius 1 is 1.33 bits per heavy atom. The van der Waals surface area contributed by atoms with Crippen molar-refractivity contribution in [2.75, 3.05) is 6.61 Å². The lowest BCUT2D eigenvalue weighted by molar-refractivity contribution is -0.184. The van der Waals surface area contributed by atoms with E-state index in [1.807, 2.05) is 19.9 Å². The molecule has 0 aromatic rings. The van der Waals surface area contributed by atoms with E-state index < -0.39 is 29.5 Å². The van der Waals surface area contributed by atoms with E-state index in [4.69, 9.17) is 0 Å². The van der Waals surface area contributed by atoms with Crippen LogP contribution in [0.1, 0.15) is 46.5 Å². The van der Waals surface area contributed by atoms with Crippen LogP contribution in [0.25, 0.3) is 0 Å². The highest BCUT2D eigenvalue weighted by Gasteiger charge is 2.70. The zero-order valence-electron chi connectivity index (χ0n) is 16.3. The van der Waals surface area contributed by atoms with E-state index in [1.165, 1.54) is 0 Å². The Bertz CT molecular complexity index is 754. The van der Waals surface area contributed by atoms with Gasteiger partial charge in [0.15, 0.2) is 11.6 Å². The molecule has 0 heterocycles. The number of rotatable bonds is 2. The number of carbonyl (C=O) groups is 2. The molecular weight excluding hydrogens is 344 g/mol. The van der Waals surface area contributed by atoms with Gasteiger partial charge in [-0.1, -0.05) is 32.4 Å². The Kier molecular flexibility index (Phi) is 4.12. The van der Waals surface area contributed by atoms with Gasteiger partial charge in [0.2, 0.25) is 0 Å². The average molecular weight is 373 g/mol. The van der Waals surface area contributed by atoms with Gasteiger partial charge in [-0.05, 0) is 55.6 Å². The van der Waals surface area contributed by atoms with Crippen LogP contribution in [-0.2, 0) is 14.7 Å². The second-order valence-electron chi connectivity index (χ2n) is 9.68. The SMILES string of the molecule is C[C@H]1CC2C3CCC4=CC(=O)C=C[C@]4(C)C3[C@@H](O)C[C@]2(C)[C@@]1(O)C(=O)C[O]. The largest absolute Gasteiger partial charge is 0.393 e. The fourth-order valence-electron chi connectivity index (χ4n) is 7.36. The minimum Gasteiger partial charge on any atom is -0.393 e. The number of Topliss-reactive ketones (excluding diaryl/α,β-unsaturated/α-hetero) is 1. The van der Waals surface area contributed by atoms with Crippen molar-refractivity contribution in [1.82, 2.24) is 0 Å². The summed E-state index contributed by atoms with van der Waals surface area (Å²) >= 11 is 0. The van der Waals surface area contributed by atoms with Crippen molar-refractivity contribution in [2.24, 2.45) is 34.5 Å². The van der Waals surface area contributed by atoms with Gasteiger partial charge in [-0.2, -0.15) is 0 Å². The zero-order valence-corrected chi connectivity index (χ0v) is 16.3. The predicted molar refractivity (Wildman–Crippen MR) is 98.1 cm³/mol. The smallest absolute Gasteiger partial charge is 0.194 e.